The average molecular weight is 323 g/mol. The second kappa shape index (κ2) is 6.71. The number of hydrogen-bond acceptors (Lipinski definition) is 4. The van der Waals surface area contributed by atoms with Crippen molar-refractivity contribution in [1.82, 2.24) is 9.88 Å². The molecule has 0 aliphatic carbocycles. The SMILES string of the molecule is O=C(Nc1ccccc1)[C@@H]1C[C@H]2CN(Cc3cccnc3)C[C@@H]1O2. The van der Waals surface area contributed by atoms with Crippen molar-refractivity contribution in [2.75, 3.05) is 18.4 Å². The summed E-state index contributed by atoms with van der Waals surface area (Å²) in [5.41, 5.74) is 2.04. The zero-order valence-corrected chi connectivity index (χ0v) is 13.5. The lowest BCUT2D eigenvalue weighted by Gasteiger charge is -2.32. The second-order valence-corrected chi connectivity index (χ2v) is 6.55. The number of benzene rings is 1. The molecule has 2 saturated heterocycles. The number of morpholine rings is 1. The number of pyridine rings is 1. The number of ether oxygens (including phenoxy) is 1. The van der Waals surface area contributed by atoms with E-state index in [1.54, 1.807) is 6.20 Å². The number of nitrogens with zero attached hydrogens (tertiary/aromatic N) is 2. The Morgan fingerprint density at radius 1 is 1.21 bits per heavy atom. The highest BCUT2D eigenvalue weighted by Crippen LogP contribution is 2.33. The van der Waals surface area contributed by atoms with Gasteiger partial charge in [-0.3, -0.25) is 14.7 Å². The van der Waals surface area contributed by atoms with Crippen molar-refractivity contribution in [3.05, 3.63) is 60.4 Å². The van der Waals surface area contributed by atoms with Crippen LogP contribution in [0.15, 0.2) is 54.9 Å². The minimum atomic E-state index is -0.0749. The molecular formula is C19H21N3O2. The smallest absolute Gasteiger partial charge is 0.230 e. The molecule has 0 spiro atoms. The standard InChI is InChI=1S/C19H21N3O2/c23-19(21-15-6-2-1-3-7-15)17-9-16-12-22(13-18(17)24-16)11-14-5-4-8-20-10-14/h1-8,10,16-18H,9,11-13H2,(H,21,23)/t16-,17+,18-/m0/s1. The van der Waals surface area contributed by atoms with Gasteiger partial charge >= 0.3 is 0 Å². The van der Waals surface area contributed by atoms with E-state index in [9.17, 15) is 4.79 Å². The molecule has 1 N–H and O–H groups in total. The quantitative estimate of drug-likeness (QED) is 0.938. The van der Waals surface area contributed by atoms with Gasteiger partial charge in [0.25, 0.3) is 0 Å². The number of para-hydroxylation sites is 1. The van der Waals surface area contributed by atoms with Gasteiger partial charge in [0.1, 0.15) is 0 Å². The molecule has 5 nitrogen and oxygen atoms in total. The first-order chi connectivity index (χ1) is 11.8. The van der Waals surface area contributed by atoms with Gasteiger partial charge in [-0.2, -0.15) is 0 Å². The summed E-state index contributed by atoms with van der Waals surface area (Å²) in [5, 5.41) is 3.01. The third-order valence-corrected chi connectivity index (χ3v) is 4.74. The van der Waals surface area contributed by atoms with Crippen LogP contribution >= 0.6 is 0 Å². The Hall–Kier alpha value is -2.24. The summed E-state index contributed by atoms with van der Waals surface area (Å²) in [4.78, 5) is 19.1. The number of hydrogen-bond donors (Lipinski definition) is 1. The first kappa shape index (κ1) is 15.3. The maximum absolute atomic E-state index is 12.6. The van der Waals surface area contributed by atoms with Gasteiger partial charge in [0, 0.05) is 37.7 Å². The van der Waals surface area contributed by atoms with E-state index in [0.717, 1.165) is 31.7 Å². The van der Waals surface area contributed by atoms with Crippen LogP contribution in [0.1, 0.15) is 12.0 Å². The number of likely N-dealkylation sites (tertiary alicyclic amines) is 1. The van der Waals surface area contributed by atoms with Gasteiger partial charge in [0.05, 0.1) is 18.1 Å². The van der Waals surface area contributed by atoms with Crippen LogP contribution in [0, 0.1) is 5.92 Å². The van der Waals surface area contributed by atoms with Gasteiger partial charge in [-0.05, 0) is 30.2 Å². The molecule has 0 saturated carbocycles. The molecule has 5 heteroatoms. The second-order valence-electron chi connectivity index (χ2n) is 6.55. The van der Waals surface area contributed by atoms with Gasteiger partial charge in [0.2, 0.25) is 5.91 Å². The number of aromatic nitrogens is 1. The van der Waals surface area contributed by atoms with Crippen LogP contribution in [0.2, 0.25) is 0 Å². The van der Waals surface area contributed by atoms with E-state index in [1.807, 2.05) is 42.6 Å². The predicted molar refractivity (Wildman–Crippen MR) is 91.4 cm³/mol. The van der Waals surface area contributed by atoms with Crippen LogP contribution in [-0.2, 0) is 16.1 Å². The summed E-state index contributed by atoms with van der Waals surface area (Å²) in [6.07, 6.45) is 4.61. The molecule has 0 unspecified atom stereocenters. The zero-order chi connectivity index (χ0) is 16.4. The number of anilines is 1. The maximum Gasteiger partial charge on any atom is 0.230 e. The highest BCUT2D eigenvalue weighted by molar-refractivity contribution is 5.93. The molecule has 2 aliphatic rings. The van der Waals surface area contributed by atoms with Crippen LogP contribution in [0.5, 0.6) is 0 Å². The van der Waals surface area contributed by atoms with Crippen molar-refractivity contribution in [3.63, 3.8) is 0 Å². The van der Waals surface area contributed by atoms with Crippen molar-refractivity contribution in [3.8, 4) is 0 Å². The Morgan fingerprint density at radius 3 is 2.88 bits per heavy atom. The van der Waals surface area contributed by atoms with E-state index in [-0.39, 0.29) is 24.0 Å². The van der Waals surface area contributed by atoms with E-state index < -0.39 is 0 Å². The van der Waals surface area contributed by atoms with Crippen LogP contribution in [0.4, 0.5) is 5.69 Å². The third kappa shape index (κ3) is 3.32. The Bertz CT molecular complexity index is 692. The molecule has 124 valence electrons. The minimum absolute atomic E-state index is 0.0240. The zero-order valence-electron chi connectivity index (χ0n) is 13.5. The summed E-state index contributed by atoms with van der Waals surface area (Å²) < 4.78 is 6.02. The molecule has 1 aromatic carbocycles. The first-order valence-electron chi connectivity index (χ1n) is 8.40. The van der Waals surface area contributed by atoms with Crippen molar-refractivity contribution >= 4 is 11.6 Å². The average Bonchev–Trinajstić information content (AvgIpc) is 2.91. The van der Waals surface area contributed by atoms with Crippen molar-refractivity contribution < 1.29 is 9.53 Å². The van der Waals surface area contributed by atoms with Gasteiger partial charge in [-0.1, -0.05) is 24.3 Å². The summed E-state index contributed by atoms with van der Waals surface area (Å²) in [6.45, 7) is 2.52. The van der Waals surface area contributed by atoms with E-state index in [2.05, 4.69) is 21.3 Å². The van der Waals surface area contributed by atoms with E-state index >= 15 is 0 Å². The summed E-state index contributed by atoms with van der Waals surface area (Å²) in [5.74, 6) is -0.00830. The molecule has 2 aliphatic heterocycles. The fraction of sp³-hybridized carbons (Fsp3) is 0.368. The molecular weight excluding hydrogens is 302 g/mol. The van der Waals surface area contributed by atoms with E-state index in [4.69, 9.17) is 4.74 Å². The van der Waals surface area contributed by atoms with Crippen LogP contribution in [0.3, 0.4) is 0 Å². The van der Waals surface area contributed by atoms with Gasteiger partial charge < -0.3 is 10.1 Å². The fourth-order valence-corrected chi connectivity index (χ4v) is 3.65. The van der Waals surface area contributed by atoms with E-state index in [1.165, 1.54) is 5.56 Å². The summed E-state index contributed by atoms with van der Waals surface area (Å²) >= 11 is 0. The number of nitrogens with one attached hydrogen (secondary N) is 1. The summed E-state index contributed by atoms with van der Waals surface area (Å²) in [6, 6.07) is 13.7. The number of carbonyl (C=O) groups excluding carboxylic acids is 1. The molecule has 1 amide bonds. The van der Waals surface area contributed by atoms with Crippen molar-refractivity contribution in [1.29, 1.82) is 0 Å². The molecule has 24 heavy (non-hydrogen) atoms. The number of carbonyl (C=O) groups is 1. The molecule has 3 heterocycles. The van der Waals surface area contributed by atoms with Gasteiger partial charge in [0.15, 0.2) is 0 Å². The molecule has 2 aromatic rings. The largest absolute Gasteiger partial charge is 0.371 e. The van der Waals surface area contributed by atoms with Gasteiger partial charge in [-0.15, -0.1) is 0 Å². The molecule has 0 radical (unpaired) electrons. The third-order valence-electron chi connectivity index (χ3n) is 4.74. The lowest BCUT2D eigenvalue weighted by Crippen LogP contribution is -2.44. The minimum Gasteiger partial charge on any atom is -0.371 e. The van der Waals surface area contributed by atoms with Crippen molar-refractivity contribution in [2.24, 2.45) is 5.92 Å². The molecule has 2 bridgehead atoms. The lowest BCUT2D eigenvalue weighted by molar-refractivity contribution is -0.123. The summed E-state index contributed by atoms with van der Waals surface area (Å²) in [7, 11) is 0. The topological polar surface area (TPSA) is 54.5 Å². The Kier molecular flexibility index (Phi) is 4.28. The van der Waals surface area contributed by atoms with Crippen LogP contribution < -0.4 is 5.32 Å². The fourth-order valence-electron chi connectivity index (χ4n) is 3.65. The van der Waals surface area contributed by atoms with E-state index in [0.29, 0.717) is 0 Å². The Labute approximate surface area is 141 Å². The lowest BCUT2D eigenvalue weighted by atomic mass is 9.99. The normalized spacial score (nSPS) is 26.2. The highest BCUT2D eigenvalue weighted by atomic mass is 16.5. The van der Waals surface area contributed by atoms with Crippen molar-refractivity contribution in [2.45, 2.75) is 25.2 Å². The molecule has 2 fully saturated rings. The maximum atomic E-state index is 12.6. The molecule has 3 atom stereocenters. The predicted octanol–water partition coefficient (Wildman–Crippen LogP) is 2.31. The first-order valence-corrected chi connectivity index (χ1v) is 8.40. The number of amides is 1. The van der Waals surface area contributed by atoms with Gasteiger partial charge in [-0.25, -0.2) is 0 Å². The Morgan fingerprint density at radius 2 is 2.08 bits per heavy atom. The number of fused-ring (bicyclic) bond motifs is 2. The monoisotopic (exact) mass is 323 g/mol. The molecule has 1 aromatic heterocycles. The highest BCUT2D eigenvalue weighted by Gasteiger charge is 2.44. The number of rotatable bonds is 4. The van der Waals surface area contributed by atoms with Crippen LogP contribution in [-0.4, -0.2) is 41.1 Å². The Balaban J connectivity index is 1.39. The molecule has 4 rings (SSSR count). The van der Waals surface area contributed by atoms with Crippen LogP contribution in [0.25, 0.3) is 0 Å².